The van der Waals surface area contributed by atoms with Crippen LogP contribution in [0.15, 0.2) is 18.2 Å². The summed E-state index contributed by atoms with van der Waals surface area (Å²) >= 11 is 0. The number of hydrogen-bond acceptors (Lipinski definition) is 1. The molecular weight excluding hydrogens is 191 g/mol. The monoisotopic (exact) mass is 199 g/mol. The first-order chi connectivity index (χ1) is 6.49. The van der Waals surface area contributed by atoms with Crippen LogP contribution in [0.2, 0.25) is 0 Å². The number of nitriles is 1. The van der Waals surface area contributed by atoms with Gasteiger partial charge in [-0.15, -0.1) is 0 Å². The van der Waals surface area contributed by atoms with Crippen molar-refractivity contribution >= 4 is 0 Å². The molecule has 0 amide bonds. The molecule has 0 aliphatic heterocycles. The van der Waals surface area contributed by atoms with Crippen LogP contribution in [-0.4, -0.2) is 0 Å². The van der Waals surface area contributed by atoms with Crippen LogP contribution in [0.5, 0.6) is 0 Å². The van der Waals surface area contributed by atoms with Gasteiger partial charge in [-0.3, -0.25) is 0 Å². The number of halogens is 3. The predicted octanol–water partition coefficient (Wildman–Crippen LogP) is 3.14. The number of rotatable bonds is 1. The molecule has 0 fully saturated rings. The zero-order valence-corrected chi connectivity index (χ0v) is 7.52. The molecule has 1 aromatic rings. The van der Waals surface area contributed by atoms with Gasteiger partial charge in [0.05, 0.1) is 17.2 Å². The second-order valence-electron chi connectivity index (χ2n) is 2.84. The van der Waals surface area contributed by atoms with Crippen LogP contribution in [0, 0.1) is 11.3 Å². The maximum atomic E-state index is 12.2. The summed E-state index contributed by atoms with van der Waals surface area (Å²) < 4.78 is 36.7. The highest BCUT2D eigenvalue weighted by Crippen LogP contribution is 2.30. The van der Waals surface area contributed by atoms with Crippen molar-refractivity contribution in [3.8, 4) is 6.07 Å². The van der Waals surface area contributed by atoms with E-state index in [-0.39, 0.29) is 5.56 Å². The van der Waals surface area contributed by atoms with E-state index < -0.39 is 11.7 Å². The Labute approximate surface area is 79.8 Å². The van der Waals surface area contributed by atoms with Gasteiger partial charge in [0.1, 0.15) is 0 Å². The van der Waals surface area contributed by atoms with Crippen LogP contribution in [0.3, 0.4) is 0 Å². The molecular formula is C10H8F3N. The molecule has 0 saturated heterocycles. The molecule has 0 aliphatic rings. The van der Waals surface area contributed by atoms with Crippen LogP contribution in [0.25, 0.3) is 0 Å². The maximum absolute atomic E-state index is 12.2. The topological polar surface area (TPSA) is 23.8 Å². The Hall–Kier alpha value is -1.50. The van der Waals surface area contributed by atoms with E-state index in [2.05, 4.69) is 0 Å². The summed E-state index contributed by atoms with van der Waals surface area (Å²) in [6.07, 6.45) is -3.82. The van der Waals surface area contributed by atoms with E-state index in [0.717, 1.165) is 12.1 Å². The Kier molecular flexibility index (Phi) is 2.80. The number of benzene rings is 1. The molecule has 0 atom stereocenters. The van der Waals surface area contributed by atoms with E-state index in [1.165, 1.54) is 6.07 Å². The van der Waals surface area contributed by atoms with Crippen molar-refractivity contribution in [1.29, 1.82) is 5.26 Å². The van der Waals surface area contributed by atoms with E-state index >= 15 is 0 Å². The van der Waals surface area contributed by atoms with Gasteiger partial charge in [-0.2, -0.15) is 18.4 Å². The van der Waals surface area contributed by atoms with E-state index in [9.17, 15) is 13.2 Å². The van der Waals surface area contributed by atoms with Crippen LogP contribution in [0.4, 0.5) is 13.2 Å². The van der Waals surface area contributed by atoms with E-state index in [1.807, 2.05) is 0 Å². The molecule has 0 radical (unpaired) electrons. The molecule has 0 spiro atoms. The van der Waals surface area contributed by atoms with Crippen molar-refractivity contribution < 1.29 is 13.2 Å². The summed E-state index contributed by atoms with van der Waals surface area (Å²) in [6.45, 7) is 1.80. The zero-order chi connectivity index (χ0) is 10.8. The lowest BCUT2D eigenvalue weighted by atomic mass is 10.0. The van der Waals surface area contributed by atoms with Crippen molar-refractivity contribution in [2.75, 3.05) is 0 Å². The summed E-state index contributed by atoms with van der Waals surface area (Å²) in [5.74, 6) is 0. The van der Waals surface area contributed by atoms with Crippen molar-refractivity contribution in [3.63, 3.8) is 0 Å². The zero-order valence-electron chi connectivity index (χ0n) is 7.52. The summed E-state index contributed by atoms with van der Waals surface area (Å²) in [6, 6.07) is 4.99. The Balaban J connectivity index is 3.23. The highest BCUT2D eigenvalue weighted by atomic mass is 19.4. The molecule has 0 aromatic heterocycles. The van der Waals surface area contributed by atoms with Crippen molar-refractivity contribution in [2.24, 2.45) is 0 Å². The second-order valence-corrected chi connectivity index (χ2v) is 2.84. The highest BCUT2D eigenvalue weighted by Gasteiger charge is 2.30. The lowest BCUT2D eigenvalue weighted by Gasteiger charge is -2.08. The Morgan fingerprint density at radius 1 is 1.36 bits per heavy atom. The largest absolute Gasteiger partial charge is 0.416 e. The number of alkyl halides is 3. The van der Waals surface area contributed by atoms with Gasteiger partial charge in [0.2, 0.25) is 0 Å². The molecule has 14 heavy (non-hydrogen) atoms. The molecule has 4 heteroatoms. The Morgan fingerprint density at radius 2 is 2.00 bits per heavy atom. The fraction of sp³-hybridized carbons (Fsp3) is 0.300. The molecule has 1 rings (SSSR count). The van der Waals surface area contributed by atoms with E-state index in [0.29, 0.717) is 12.0 Å². The third-order valence-corrected chi connectivity index (χ3v) is 1.94. The molecule has 0 saturated carbocycles. The number of aryl methyl sites for hydroxylation is 1. The van der Waals surface area contributed by atoms with Crippen LogP contribution < -0.4 is 0 Å². The van der Waals surface area contributed by atoms with Crippen molar-refractivity contribution in [3.05, 3.63) is 34.9 Å². The van der Waals surface area contributed by atoms with Gasteiger partial charge in [-0.1, -0.05) is 13.0 Å². The minimum absolute atomic E-state index is 0.0994. The third-order valence-electron chi connectivity index (χ3n) is 1.94. The van der Waals surface area contributed by atoms with Crippen molar-refractivity contribution in [1.82, 2.24) is 0 Å². The van der Waals surface area contributed by atoms with Gasteiger partial charge in [0.15, 0.2) is 0 Å². The second kappa shape index (κ2) is 3.70. The molecule has 1 aromatic carbocycles. The molecule has 74 valence electrons. The number of nitrogens with zero attached hydrogens (tertiary/aromatic N) is 1. The van der Waals surface area contributed by atoms with Gasteiger partial charge >= 0.3 is 6.18 Å². The average molecular weight is 199 g/mol. The third kappa shape index (κ3) is 2.05. The normalized spacial score (nSPS) is 11.1. The first kappa shape index (κ1) is 10.6. The van der Waals surface area contributed by atoms with Gasteiger partial charge < -0.3 is 0 Å². The fourth-order valence-corrected chi connectivity index (χ4v) is 1.17. The molecule has 1 nitrogen and oxygen atoms in total. The molecule has 0 aliphatic carbocycles. The minimum atomic E-state index is -4.38. The summed E-state index contributed by atoms with van der Waals surface area (Å²) in [5.41, 5.74) is -0.0333. The maximum Gasteiger partial charge on any atom is 0.416 e. The highest BCUT2D eigenvalue weighted by molar-refractivity contribution is 5.41. The SMILES string of the molecule is CCc1ccc(C(F)(F)F)cc1C#N. The molecule has 0 heterocycles. The van der Waals surface area contributed by atoms with Gasteiger partial charge in [-0.05, 0) is 24.1 Å². The van der Waals surface area contributed by atoms with Gasteiger partial charge in [-0.25, -0.2) is 0 Å². The Morgan fingerprint density at radius 3 is 2.43 bits per heavy atom. The first-order valence-electron chi connectivity index (χ1n) is 4.09. The summed E-state index contributed by atoms with van der Waals surface area (Å²) in [4.78, 5) is 0. The lowest BCUT2D eigenvalue weighted by Crippen LogP contribution is -2.05. The van der Waals surface area contributed by atoms with Gasteiger partial charge in [0, 0.05) is 0 Å². The Bertz CT molecular complexity index is 374. The predicted molar refractivity (Wildman–Crippen MR) is 45.5 cm³/mol. The summed E-state index contributed by atoms with van der Waals surface area (Å²) in [5, 5.41) is 8.62. The van der Waals surface area contributed by atoms with E-state index in [4.69, 9.17) is 5.26 Å². The van der Waals surface area contributed by atoms with Crippen LogP contribution in [0.1, 0.15) is 23.6 Å². The van der Waals surface area contributed by atoms with Gasteiger partial charge in [0.25, 0.3) is 0 Å². The first-order valence-corrected chi connectivity index (χ1v) is 4.09. The quantitative estimate of drug-likeness (QED) is 0.681. The fourth-order valence-electron chi connectivity index (χ4n) is 1.17. The van der Waals surface area contributed by atoms with Crippen molar-refractivity contribution in [2.45, 2.75) is 19.5 Å². The molecule has 0 unspecified atom stereocenters. The van der Waals surface area contributed by atoms with Crippen LogP contribution >= 0.6 is 0 Å². The van der Waals surface area contributed by atoms with Crippen LogP contribution in [-0.2, 0) is 12.6 Å². The standard InChI is InChI=1S/C10H8F3N/c1-2-7-3-4-9(10(11,12)13)5-8(7)6-14/h3-5H,2H2,1H3. The average Bonchev–Trinajstić information content (AvgIpc) is 2.15. The smallest absolute Gasteiger partial charge is 0.192 e. The minimum Gasteiger partial charge on any atom is -0.192 e. The van der Waals surface area contributed by atoms with E-state index in [1.54, 1.807) is 13.0 Å². The molecule has 0 N–H and O–H groups in total. The number of hydrogen-bond donors (Lipinski definition) is 0. The summed E-state index contributed by atoms with van der Waals surface area (Å²) in [7, 11) is 0. The molecule has 0 bridgehead atoms. The lowest BCUT2D eigenvalue weighted by molar-refractivity contribution is -0.137.